The zero-order valence-corrected chi connectivity index (χ0v) is 6.53. The number of aromatic nitrogens is 3. The van der Waals surface area contributed by atoms with Crippen molar-refractivity contribution in [3.63, 3.8) is 0 Å². The van der Waals surface area contributed by atoms with Gasteiger partial charge in [-0.15, -0.1) is 5.10 Å². The Morgan fingerprint density at radius 2 is 2.55 bits per heavy atom. The molecular formula is C6H10N4O. The Kier molecular flexibility index (Phi) is 2.20. The van der Waals surface area contributed by atoms with Crippen LogP contribution in [-0.4, -0.2) is 20.9 Å². The van der Waals surface area contributed by atoms with E-state index in [-0.39, 0.29) is 5.91 Å². The first-order valence-electron chi connectivity index (χ1n) is 3.38. The summed E-state index contributed by atoms with van der Waals surface area (Å²) in [5.41, 5.74) is 0. The zero-order valence-electron chi connectivity index (χ0n) is 6.53. The van der Waals surface area contributed by atoms with E-state index < -0.39 is 0 Å². The first-order valence-corrected chi connectivity index (χ1v) is 3.38. The van der Waals surface area contributed by atoms with Crippen LogP contribution in [0.3, 0.4) is 0 Å². The third kappa shape index (κ3) is 2.03. The minimum Gasteiger partial charge on any atom is -0.308 e. The molecular weight excluding hydrogens is 144 g/mol. The summed E-state index contributed by atoms with van der Waals surface area (Å²) in [6.45, 7) is 1.78. The van der Waals surface area contributed by atoms with Crippen LogP contribution in [0.1, 0.15) is 13.3 Å². The van der Waals surface area contributed by atoms with E-state index in [9.17, 15) is 4.79 Å². The Bertz CT molecular complexity index is 255. The average molecular weight is 154 g/mol. The van der Waals surface area contributed by atoms with Gasteiger partial charge in [0.05, 0.1) is 6.20 Å². The molecule has 0 atom stereocenters. The summed E-state index contributed by atoms with van der Waals surface area (Å²) >= 11 is 0. The van der Waals surface area contributed by atoms with Crippen molar-refractivity contribution in [3.05, 3.63) is 6.20 Å². The second-order valence-electron chi connectivity index (χ2n) is 2.12. The second kappa shape index (κ2) is 3.14. The van der Waals surface area contributed by atoms with Crippen LogP contribution >= 0.6 is 0 Å². The first kappa shape index (κ1) is 7.71. The molecule has 0 aliphatic heterocycles. The number of nitrogens with one attached hydrogen (secondary N) is 1. The summed E-state index contributed by atoms with van der Waals surface area (Å²) < 4.78 is 0. The van der Waals surface area contributed by atoms with Gasteiger partial charge in [-0.05, 0) is 0 Å². The van der Waals surface area contributed by atoms with Crippen LogP contribution in [0.5, 0.6) is 0 Å². The van der Waals surface area contributed by atoms with Crippen LogP contribution in [0.4, 0.5) is 5.82 Å². The van der Waals surface area contributed by atoms with Gasteiger partial charge >= 0.3 is 0 Å². The van der Waals surface area contributed by atoms with Crippen LogP contribution in [-0.2, 0) is 11.8 Å². The number of hydrogen-bond donors (Lipinski definition) is 1. The van der Waals surface area contributed by atoms with Crippen LogP contribution in [0.2, 0.25) is 0 Å². The molecule has 1 heterocycles. The molecule has 0 aliphatic carbocycles. The maximum Gasteiger partial charge on any atom is 0.225 e. The van der Waals surface area contributed by atoms with Gasteiger partial charge in [0.2, 0.25) is 5.91 Å². The molecule has 0 unspecified atom stereocenters. The monoisotopic (exact) mass is 154 g/mol. The van der Waals surface area contributed by atoms with E-state index >= 15 is 0 Å². The number of carbonyl (C=O) groups is 1. The fourth-order valence-corrected chi connectivity index (χ4v) is 0.634. The Morgan fingerprint density at radius 3 is 3.00 bits per heavy atom. The molecule has 1 rings (SSSR count). The Balaban J connectivity index is 2.57. The van der Waals surface area contributed by atoms with Gasteiger partial charge in [0.25, 0.3) is 0 Å². The van der Waals surface area contributed by atoms with E-state index in [1.54, 1.807) is 14.0 Å². The lowest BCUT2D eigenvalue weighted by molar-refractivity contribution is -0.115. The van der Waals surface area contributed by atoms with Crippen molar-refractivity contribution in [2.75, 3.05) is 5.32 Å². The maximum absolute atomic E-state index is 10.8. The van der Waals surface area contributed by atoms with E-state index in [0.29, 0.717) is 12.2 Å². The van der Waals surface area contributed by atoms with Gasteiger partial charge in [-0.25, -0.2) is 0 Å². The fourth-order valence-electron chi connectivity index (χ4n) is 0.634. The Hall–Kier alpha value is -1.39. The SMILES string of the molecule is CCC(=O)Nc1cnn(C)n1. The molecule has 1 aromatic rings. The van der Waals surface area contributed by atoms with Crippen LogP contribution in [0.25, 0.3) is 0 Å². The first-order chi connectivity index (χ1) is 5.22. The number of carbonyl (C=O) groups excluding carboxylic acids is 1. The summed E-state index contributed by atoms with van der Waals surface area (Å²) in [5.74, 6) is 0.449. The molecule has 0 aromatic carbocycles. The third-order valence-corrected chi connectivity index (χ3v) is 1.19. The van der Waals surface area contributed by atoms with Crippen molar-refractivity contribution in [3.8, 4) is 0 Å². The molecule has 1 N–H and O–H groups in total. The van der Waals surface area contributed by atoms with Gasteiger partial charge in [-0.2, -0.15) is 9.90 Å². The summed E-state index contributed by atoms with van der Waals surface area (Å²) in [4.78, 5) is 12.2. The lowest BCUT2D eigenvalue weighted by Crippen LogP contribution is -2.10. The lowest BCUT2D eigenvalue weighted by Gasteiger charge is -1.94. The van der Waals surface area contributed by atoms with Crippen LogP contribution in [0, 0.1) is 0 Å². The fraction of sp³-hybridized carbons (Fsp3) is 0.500. The van der Waals surface area contributed by atoms with Gasteiger partial charge in [0.1, 0.15) is 0 Å². The zero-order chi connectivity index (χ0) is 8.27. The predicted octanol–water partition coefficient (Wildman–Crippen LogP) is 0.164. The number of amides is 1. The van der Waals surface area contributed by atoms with Crippen molar-refractivity contribution in [2.24, 2.45) is 7.05 Å². The van der Waals surface area contributed by atoms with E-state index in [4.69, 9.17) is 0 Å². The molecule has 5 heteroatoms. The smallest absolute Gasteiger partial charge is 0.225 e. The molecule has 0 fully saturated rings. The molecule has 0 spiro atoms. The number of rotatable bonds is 2. The molecule has 0 saturated heterocycles. The molecule has 1 aromatic heterocycles. The van der Waals surface area contributed by atoms with E-state index in [1.165, 1.54) is 11.0 Å². The van der Waals surface area contributed by atoms with E-state index in [1.807, 2.05) is 0 Å². The van der Waals surface area contributed by atoms with Crippen LogP contribution < -0.4 is 5.32 Å². The second-order valence-corrected chi connectivity index (χ2v) is 2.12. The minimum atomic E-state index is -0.0505. The minimum absolute atomic E-state index is 0.0505. The molecule has 1 amide bonds. The van der Waals surface area contributed by atoms with E-state index in [2.05, 4.69) is 15.5 Å². The van der Waals surface area contributed by atoms with Gasteiger partial charge in [0, 0.05) is 13.5 Å². The Labute approximate surface area is 64.4 Å². The van der Waals surface area contributed by atoms with Gasteiger partial charge in [-0.1, -0.05) is 6.92 Å². The normalized spacial score (nSPS) is 9.64. The maximum atomic E-state index is 10.8. The molecule has 11 heavy (non-hydrogen) atoms. The lowest BCUT2D eigenvalue weighted by atomic mass is 10.4. The predicted molar refractivity (Wildman–Crippen MR) is 39.9 cm³/mol. The topological polar surface area (TPSA) is 59.8 Å². The third-order valence-electron chi connectivity index (χ3n) is 1.19. The number of anilines is 1. The van der Waals surface area contributed by atoms with Crippen LogP contribution in [0.15, 0.2) is 6.20 Å². The van der Waals surface area contributed by atoms with Crippen molar-refractivity contribution in [1.82, 2.24) is 15.0 Å². The standard InChI is InChI=1S/C6H10N4O/c1-3-6(11)8-5-4-7-10(2)9-5/h4H,3H2,1-2H3,(H,8,9,11). The van der Waals surface area contributed by atoms with Crippen molar-refractivity contribution >= 4 is 11.7 Å². The highest BCUT2D eigenvalue weighted by Gasteiger charge is 2.00. The van der Waals surface area contributed by atoms with Gasteiger partial charge in [0.15, 0.2) is 5.82 Å². The summed E-state index contributed by atoms with van der Waals surface area (Å²) in [6, 6.07) is 0. The number of nitrogens with zero attached hydrogens (tertiary/aromatic N) is 3. The molecule has 0 aliphatic rings. The Morgan fingerprint density at radius 1 is 1.82 bits per heavy atom. The summed E-state index contributed by atoms with van der Waals surface area (Å²) in [7, 11) is 1.70. The summed E-state index contributed by atoms with van der Waals surface area (Å²) in [6.07, 6.45) is 1.96. The highest BCUT2D eigenvalue weighted by Crippen LogP contribution is 1.97. The van der Waals surface area contributed by atoms with E-state index in [0.717, 1.165) is 0 Å². The van der Waals surface area contributed by atoms with Crippen molar-refractivity contribution in [2.45, 2.75) is 13.3 Å². The quantitative estimate of drug-likeness (QED) is 0.660. The number of hydrogen-bond acceptors (Lipinski definition) is 3. The van der Waals surface area contributed by atoms with Crippen molar-refractivity contribution < 1.29 is 4.79 Å². The highest BCUT2D eigenvalue weighted by atomic mass is 16.1. The van der Waals surface area contributed by atoms with Crippen molar-refractivity contribution in [1.29, 1.82) is 0 Å². The molecule has 5 nitrogen and oxygen atoms in total. The van der Waals surface area contributed by atoms with Gasteiger partial charge < -0.3 is 5.32 Å². The number of aryl methyl sites for hydroxylation is 1. The molecule has 60 valence electrons. The summed E-state index contributed by atoms with van der Waals surface area (Å²) in [5, 5.41) is 10.2. The highest BCUT2D eigenvalue weighted by molar-refractivity contribution is 5.89. The molecule has 0 saturated carbocycles. The average Bonchev–Trinajstić information content (AvgIpc) is 2.35. The largest absolute Gasteiger partial charge is 0.308 e. The molecule has 0 bridgehead atoms. The van der Waals surface area contributed by atoms with Gasteiger partial charge in [-0.3, -0.25) is 4.79 Å². The molecule has 0 radical (unpaired) electrons.